The monoisotopic (exact) mass is 398 g/mol. The number of rotatable bonds is 8. The van der Waals surface area contributed by atoms with Crippen molar-refractivity contribution in [3.8, 4) is 0 Å². The van der Waals surface area contributed by atoms with Crippen LogP contribution in [-0.4, -0.2) is 33.7 Å². The molecule has 0 unspecified atom stereocenters. The Balaban J connectivity index is 1.82. The van der Waals surface area contributed by atoms with Gasteiger partial charge < -0.3 is 5.32 Å². The molecule has 2 N–H and O–H groups in total. The second-order valence-electron chi connectivity index (χ2n) is 5.17. The molecule has 8 heteroatoms. The molecule has 2 rings (SSSR count). The number of halogens is 1. The number of thioether (sulfide) groups is 1. The highest BCUT2D eigenvalue weighted by molar-refractivity contribution is 7.98. The van der Waals surface area contributed by atoms with Gasteiger partial charge in [-0.05, 0) is 42.9 Å². The number of amides is 1. The molecular formula is C17H19ClN2O3S2. The van der Waals surface area contributed by atoms with Gasteiger partial charge in [-0.15, -0.1) is 0 Å². The Morgan fingerprint density at radius 2 is 1.92 bits per heavy atom. The highest BCUT2D eigenvalue weighted by Crippen LogP contribution is 2.16. The van der Waals surface area contributed by atoms with E-state index >= 15 is 0 Å². The first-order chi connectivity index (χ1) is 11.9. The Hall–Kier alpha value is -1.54. The van der Waals surface area contributed by atoms with Crippen LogP contribution in [0.1, 0.15) is 15.9 Å². The quantitative estimate of drug-likeness (QED) is 0.670. The number of hydrogen-bond acceptors (Lipinski definition) is 4. The van der Waals surface area contributed by atoms with E-state index in [1.165, 1.54) is 19.2 Å². The minimum Gasteiger partial charge on any atom is -0.351 e. The molecule has 0 atom stereocenters. The molecule has 2 aromatic carbocycles. The Kier molecular flexibility index (Phi) is 7.31. The minimum absolute atomic E-state index is 0.0676. The fraction of sp³-hybridized carbons (Fsp3) is 0.235. The normalized spacial score (nSPS) is 11.3. The van der Waals surface area contributed by atoms with Crippen LogP contribution in [0.15, 0.2) is 53.4 Å². The number of carbonyl (C=O) groups is 1. The molecule has 0 aromatic heterocycles. The van der Waals surface area contributed by atoms with Crippen LogP contribution in [0.4, 0.5) is 0 Å². The van der Waals surface area contributed by atoms with Crippen molar-refractivity contribution in [1.82, 2.24) is 10.0 Å². The molecule has 0 bridgehead atoms. The Morgan fingerprint density at radius 1 is 1.16 bits per heavy atom. The predicted octanol–water partition coefficient (Wildman–Crippen LogP) is 2.91. The van der Waals surface area contributed by atoms with E-state index in [0.717, 1.165) is 17.1 Å². The van der Waals surface area contributed by atoms with E-state index in [1.54, 1.807) is 23.9 Å². The van der Waals surface area contributed by atoms with Crippen molar-refractivity contribution in [2.75, 3.05) is 19.3 Å². The Labute approximate surface area is 157 Å². The zero-order chi connectivity index (χ0) is 18.3. The number of hydrogen-bond donors (Lipinski definition) is 2. The second-order valence-corrected chi connectivity index (χ2v) is 8.60. The Bertz CT molecular complexity index is 841. The van der Waals surface area contributed by atoms with E-state index in [1.807, 2.05) is 24.3 Å². The number of benzene rings is 2. The van der Waals surface area contributed by atoms with Gasteiger partial charge in [0.15, 0.2) is 0 Å². The van der Waals surface area contributed by atoms with E-state index in [4.69, 9.17) is 11.6 Å². The van der Waals surface area contributed by atoms with Crippen LogP contribution in [0.3, 0.4) is 0 Å². The van der Waals surface area contributed by atoms with Gasteiger partial charge >= 0.3 is 0 Å². The van der Waals surface area contributed by atoms with Crippen LogP contribution >= 0.6 is 23.4 Å². The van der Waals surface area contributed by atoms with Gasteiger partial charge in [-0.25, -0.2) is 13.1 Å². The molecule has 0 spiro atoms. The molecule has 0 aliphatic heterocycles. The van der Waals surface area contributed by atoms with E-state index in [-0.39, 0.29) is 10.8 Å². The predicted molar refractivity (Wildman–Crippen MR) is 103 cm³/mol. The zero-order valence-electron chi connectivity index (χ0n) is 13.7. The van der Waals surface area contributed by atoms with Crippen molar-refractivity contribution in [3.63, 3.8) is 0 Å². The highest BCUT2D eigenvalue weighted by atomic mass is 35.5. The summed E-state index contributed by atoms with van der Waals surface area (Å²) < 4.78 is 25.8. The Morgan fingerprint density at radius 3 is 2.64 bits per heavy atom. The number of sulfonamides is 1. The summed E-state index contributed by atoms with van der Waals surface area (Å²) in [5.74, 6) is 1.26. The topological polar surface area (TPSA) is 75.3 Å². The summed E-state index contributed by atoms with van der Waals surface area (Å²) >= 11 is 7.62. The smallest absolute Gasteiger partial charge is 0.251 e. The SMILES string of the molecule is CNS(=O)(=O)c1cccc(C(=O)NCCSCc2cccc(Cl)c2)c1. The van der Waals surface area contributed by atoms with Gasteiger partial charge in [0.1, 0.15) is 0 Å². The summed E-state index contributed by atoms with van der Waals surface area (Å²) in [7, 11) is -2.23. The van der Waals surface area contributed by atoms with E-state index in [9.17, 15) is 13.2 Å². The molecule has 134 valence electrons. The minimum atomic E-state index is -3.56. The highest BCUT2D eigenvalue weighted by Gasteiger charge is 2.13. The second kappa shape index (κ2) is 9.24. The van der Waals surface area contributed by atoms with Crippen LogP contribution < -0.4 is 10.0 Å². The summed E-state index contributed by atoms with van der Waals surface area (Å²) in [6, 6.07) is 13.6. The molecule has 5 nitrogen and oxygen atoms in total. The van der Waals surface area contributed by atoms with Gasteiger partial charge in [-0.1, -0.05) is 29.8 Å². The maximum Gasteiger partial charge on any atom is 0.251 e. The molecule has 0 aliphatic carbocycles. The third-order valence-corrected chi connectivity index (χ3v) is 6.04. The van der Waals surface area contributed by atoms with Gasteiger partial charge in [-0.2, -0.15) is 11.8 Å². The van der Waals surface area contributed by atoms with Gasteiger partial charge in [0.05, 0.1) is 4.90 Å². The van der Waals surface area contributed by atoms with Crippen molar-refractivity contribution < 1.29 is 13.2 Å². The first-order valence-electron chi connectivity index (χ1n) is 7.56. The standard InChI is InChI=1S/C17H19ClN2O3S2/c1-19-25(22,23)16-7-3-5-14(11-16)17(21)20-8-9-24-12-13-4-2-6-15(18)10-13/h2-7,10-11,19H,8-9,12H2,1H3,(H,20,21). The lowest BCUT2D eigenvalue weighted by molar-refractivity contribution is 0.0956. The molecule has 1 amide bonds. The summed E-state index contributed by atoms with van der Waals surface area (Å²) in [4.78, 5) is 12.2. The van der Waals surface area contributed by atoms with Crippen LogP contribution in [0, 0.1) is 0 Å². The third kappa shape index (κ3) is 6.04. The first-order valence-corrected chi connectivity index (χ1v) is 10.6. The van der Waals surface area contributed by atoms with Crippen molar-refractivity contribution in [3.05, 3.63) is 64.7 Å². The third-order valence-electron chi connectivity index (χ3n) is 3.36. The van der Waals surface area contributed by atoms with Crippen LogP contribution in [0.5, 0.6) is 0 Å². The molecule has 0 saturated carbocycles. The van der Waals surface area contributed by atoms with Gasteiger partial charge in [0, 0.05) is 28.6 Å². The summed E-state index contributed by atoms with van der Waals surface area (Å²) in [6.07, 6.45) is 0. The van der Waals surface area contributed by atoms with Crippen molar-refractivity contribution in [2.45, 2.75) is 10.6 Å². The van der Waals surface area contributed by atoms with Crippen molar-refractivity contribution in [2.24, 2.45) is 0 Å². The average molecular weight is 399 g/mol. The molecule has 0 fully saturated rings. The largest absolute Gasteiger partial charge is 0.351 e. The molecular weight excluding hydrogens is 380 g/mol. The van der Waals surface area contributed by atoms with E-state index < -0.39 is 10.0 Å². The average Bonchev–Trinajstić information content (AvgIpc) is 2.61. The summed E-state index contributed by atoms with van der Waals surface area (Å²) in [6.45, 7) is 0.493. The maximum atomic E-state index is 12.1. The van der Waals surface area contributed by atoms with E-state index in [0.29, 0.717) is 17.1 Å². The molecule has 0 heterocycles. The number of carbonyl (C=O) groups excluding carboxylic acids is 1. The fourth-order valence-corrected chi connectivity index (χ4v) is 3.87. The van der Waals surface area contributed by atoms with Gasteiger partial charge in [0.2, 0.25) is 10.0 Å². The van der Waals surface area contributed by atoms with Crippen LogP contribution in [-0.2, 0) is 15.8 Å². The van der Waals surface area contributed by atoms with E-state index in [2.05, 4.69) is 10.0 Å². The van der Waals surface area contributed by atoms with Crippen LogP contribution in [0.2, 0.25) is 5.02 Å². The molecule has 25 heavy (non-hydrogen) atoms. The van der Waals surface area contributed by atoms with Crippen molar-refractivity contribution >= 4 is 39.3 Å². The molecule has 0 radical (unpaired) electrons. The zero-order valence-corrected chi connectivity index (χ0v) is 16.0. The molecule has 0 saturated heterocycles. The molecule has 0 aliphatic rings. The van der Waals surface area contributed by atoms with Gasteiger partial charge in [-0.3, -0.25) is 4.79 Å². The summed E-state index contributed by atoms with van der Waals surface area (Å²) in [5, 5.41) is 3.50. The lowest BCUT2D eigenvalue weighted by Crippen LogP contribution is -2.26. The van der Waals surface area contributed by atoms with Crippen LogP contribution in [0.25, 0.3) is 0 Å². The number of nitrogens with one attached hydrogen (secondary N) is 2. The van der Waals surface area contributed by atoms with Gasteiger partial charge in [0.25, 0.3) is 5.91 Å². The first kappa shape index (κ1) is 19.8. The fourth-order valence-electron chi connectivity index (χ4n) is 2.08. The van der Waals surface area contributed by atoms with Crippen molar-refractivity contribution in [1.29, 1.82) is 0 Å². The maximum absolute atomic E-state index is 12.1. The summed E-state index contributed by atoms with van der Waals surface area (Å²) in [5.41, 5.74) is 1.45. The lowest BCUT2D eigenvalue weighted by Gasteiger charge is -2.07. The molecule has 2 aromatic rings. The lowest BCUT2D eigenvalue weighted by atomic mass is 10.2.